The van der Waals surface area contributed by atoms with Crippen molar-refractivity contribution in [3.05, 3.63) is 48.0 Å². The molecular formula is C21H32N4O4. The van der Waals surface area contributed by atoms with Crippen molar-refractivity contribution in [2.75, 3.05) is 49.3 Å². The normalized spacial score (nSPS) is 9.83. The number of hydrogen-bond acceptors (Lipinski definition) is 7. The van der Waals surface area contributed by atoms with Gasteiger partial charge in [0.2, 0.25) is 0 Å². The molecule has 0 bridgehead atoms. The van der Waals surface area contributed by atoms with Crippen molar-refractivity contribution in [2.24, 2.45) is 5.73 Å². The summed E-state index contributed by atoms with van der Waals surface area (Å²) in [5.41, 5.74) is 14.1. The number of aliphatic hydroxyl groups excluding tert-OH is 1. The van der Waals surface area contributed by atoms with Gasteiger partial charge in [0.05, 0.1) is 13.7 Å². The van der Waals surface area contributed by atoms with Gasteiger partial charge in [-0.15, -0.1) is 0 Å². The summed E-state index contributed by atoms with van der Waals surface area (Å²) in [6.07, 6.45) is -0.573. The van der Waals surface area contributed by atoms with Crippen molar-refractivity contribution in [2.45, 2.75) is 20.5 Å². The number of hydrogen-bond donors (Lipinski definition) is 4. The Balaban J connectivity index is 0.00000204. The third kappa shape index (κ3) is 7.89. The fourth-order valence-corrected chi connectivity index (χ4v) is 2.58. The van der Waals surface area contributed by atoms with E-state index >= 15 is 0 Å². The molecule has 160 valence electrons. The minimum atomic E-state index is -0.573. The highest BCUT2D eigenvalue weighted by Crippen LogP contribution is 2.22. The van der Waals surface area contributed by atoms with E-state index in [4.69, 9.17) is 26.0 Å². The zero-order valence-corrected chi connectivity index (χ0v) is 17.4. The molecule has 0 aliphatic heterocycles. The predicted molar refractivity (Wildman–Crippen MR) is 117 cm³/mol. The number of methoxy groups -OCH3 is 1. The van der Waals surface area contributed by atoms with Crippen LogP contribution < -0.4 is 26.4 Å². The molecule has 0 heterocycles. The molecule has 0 spiro atoms. The van der Waals surface area contributed by atoms with Gasteiger partial charge >= 0.3 is 6.09 Å². The Labute approximate surface area is 172 Å². The second-order valence-electron chi connectivity index (χ2n) is 5.82. The van der Waals surface area contributed by atoms with Gasteiger partial charge in [-0.25, -0.2) is 4.79 Å². The van der Waals surface area contributed by atoms with E-state index in [9.17, 15) is 4.79 Å². The third-order valence-electron chi connectivity index (χ3n) is 3.92. The first kappa shape index (κ1) is 24.1. The summed E-state index contributed by atoms with van der Waals surface area (Å²) in [5, 5.41) is 11.8. The van der Waals surface area contributed by atoms with E-state index < -0.39 is 6.09 Å². The minimum absolute atomic E-state index is 0.0426. The lowest BCUT2D eigenvalue weighted by molar-refractivity contribution is 0.154. The van der Waals surface area contributed by atoms with Crippen molar-refractivity contribution in [1.29, 1.82) is 0 Å². The van der Waals surface area contributed by atoms with Crippen LogP contribution >= 0.6 is 0 Å². The van der Waals surface area contributed by atoms with Crippen molar-refractivity contribution in [1.82, 2.24) is 0 Å². The fourth-order valence-electron chi connectivity index (χ4n) is 2.58. The number of nitrogens with one attached hydrogen (secondary N) is 1. The molecule has 1 amide bonds. The molecule has 2 aromatic rings. The molecule has 0 aliphatic carbocycles. The second kappa shape index (κ2) is 13.2. The highest BCUT2D eigenvalue weighted by Gasteiger charge is 2.09. The summed E-state index contributed by atoms with van der Waals surface area (Å²) < 4.78 is 10.5. The summed E-state index contributed by atoms with van der Waals surface area (Å²) in [4.78, 5) is 14.0. The Hall–Kier alpha value is -2.97. The van der Waals surface area contributed by atoms with Crippen LogP contribution in [0.5, 0.6) is 5.75 Å². The Kier molecular flexibility index (Phi) is 11.0. The number of nitrogens with zero attached hydrogens (tertiary/aromatic N) is 1. The molecule has 6 N–H and O–H groups in total. The number of carbonyl (C=O) groups excluding carboxylic acids is 1. The monoisotopic (exact) mass is 404 g/mol. The maximum absolute atomic E-state index is 12.0. The molecule has 0 saturated carbocycles. The van der Waals surface area contributed by atoms with Gasteiger partial charge < -0.3 is 30.9 Å². The van der Waals surface area contributed by atoms with Gasteiger partial charge in [0, 0.05) is 48.3 Å². The van der Waals surface area contributed by atoms with E-state index in [-0.39, 0.29) is 13.2 Å². The van der Waals surface area contributed by atoms with Crippen molar-refractivity contribution >= 4 is 23.2 Å². The average molecular weight is 405 g/mol. The van der Waals surface area contributed by atoms with Crippen LogP contribution in [0.2, 0.25) is 0 Å². The topological polar surface area (TPSA) is 123 Å². The van der Waals surface area contributed by atoms with Crippen molar-refractivity contribution < 1.29 is 19.4 Å². The number of nitrogen functional groups attached to an aromatic ring is 1. The molecule has 2 aromatic carbocycles. The molecule has 0 atom stereocenters. The van der Waals surface area contributed by atoms with Gasteiger partial charge in [-0.1, -0.05) is 13.8 Å². The Morgan fingerprint density at radius 3 is 2.41 bits per heavy atom. The van der Waals surface area contributed by atoms with Gasteiger partial charge in [-0.3, -0.25) is 5.32 Å². The lowest BCUT2D eigenvalue weighted by Crippen LogP contribution is -2.31. The largest absolute Gasteiger partial charge is 0.496 e. The molecule has 8 nitrogen and oxygen atoms in total. The lowest BCUT2D eigenvalue weighted by atomic mass is 10.2. The summed E-state index contributed by atoms with van der Waals surface area (Å²) in [5.74, 6) is 0.566. The number of amides is 1. The van der Waals surface area contributed by atoms with Crippen LogP contribution in [-0.4, -0.2) is 44.6 Å². The summed E-state index contributed by atoms with van der Waals surface area (Å²) in [6, 6.07) is 12.4. The van der Waals surface area contributed by atoms with E-state index in [1.807, 2.05) is 30.9 Å². The number of benzene rings is 2. The predicted octanol–water partition coefficient (Wildman–Crippen LogP) is 2.81. The number of ether oxygens (including phenoxy) is 2. The molecular weight excluding hydrogens is 372 g/mol. The zero-order valence-electron chi connectivity index (χ0n) is 17.4. The molecule has 2 rings (SSSR count). The maximum Gasteiger partial charge on any atom is 0.411 e. The van der Waals surface area contributed by atoms with Crippen LogP contribution in [0.25, 0.3) is 0 Å². The highest BCUT2D eigenvalue weighted by atomic mass is 16.5. The number of carbonyl (C=O) groups is 1. The number of anilines is 3. The number of rotatable bonds is 9. The molecule has 29 heavy (non-hydrogen) atoms. The van der Waals surface area contributed by atoms with Gasteiger partial charge in [0.1, 0.15) is 12.4 Å². The van der Waals surface area contributed by atoms with Gasteiger partial charge in [0.15, 0.2) is 0 Å². The average Bonchev–Trinajstić information content (AvgIpc) is 2.74. The second-order valence-corrected chi connectivity index (χ2v) is 5.82. The zero-order chi connectivity index (χ0) is 21.6. The van der Waals surface area contributed by atoms with Crippen molar-refractivity contribution in [3.8, 4) is 5.75 Å². The van der Waals surface area contributed by atoms with Crippen LogP contribution in [-0.2, 0) is 11.3 Å². The van der Waals surface area contributed by atoms with Crippen molar-refractivity contribution in [3.63, 3.8) is 0 Å². The smallest absolute Gasteiger partial charge is 0.411 e. The van der Waals surface area contributed by atoms with Gasteiger partial charge in [-0.05, 0) is 36.4 Å². The highest BCUT2D eigenvalue weighted by molar-refractivity contribution is 5.84. The van der Waals surface area contributed by atoms with Crippen LogP contribution in [0.15, 0.2) is 42.5 Å². The molecule has 0 unspecified atom stereocenters. The Morgan fingerprint density at radius 2 is 1.83 bits per heavy atom. The van der Waals surface area contributed by atoms with Gasteiger partial charge in [0.25, 0.3) is 0 Å². The van der Waals surface area contributed by atoms with Crippen LogP contribution in [0, 0.1) is 0 Å². The minimum Gasteiger partial charge on any atom is -0.496 e. The number of nitrogens with two attached hydrogens (primary N) is 2. The first-order valence-corrected chi connectivity index (χ1v) is 9.59. The van der Waals surface area contributed by atoms with Crippen LogP contribution in [0.3, 0.4) is 0 Å². The van der Waals surface area contributed by atoms with E-state index in [2.05, 4.69) is 5.32 Å². The van der Waals surface area contributed by atoms with E-state index in [1.165, 1.54) is 7.11 Å². The Bertz CT molecular complexity index is 732. The summed E-state index contributed by atoms with van der Waals surface area (Å²) in [7, 11) is 1.53. The molecule has 0 fully saturated rings. The van der Waals surface area contributed by atoms with E-state index in [0.717, 1.165) is 11.3 Å². The number of aliphatic hydroxyl groups is 1. The molecule has 0 radical (unpaired) electrons. The molecule has 0 saturated heterocycles. The first-order chi connectivity index (χ1) is 14.1. The molecule has 8 heteroatoms. The van der Waals surface area contributed by atoms with Crippen LogP contribution in [0.1, 0.15) is 19.4 Å². The first-order valence-electron chi connectivity index (χ1n) is 9.59. The molecule has 0 aromatic heterocycles. The van der Waals surface area contributed by atoms with E-state index in [0.29, 0.717) is 36.8 Å². The fraction of sp³-hybridized carbons (Fsp3) is 0.381. The van der Waals surface area contributed by atoms with E-state index in [1.54, 1.807) is 30.3 Å². The summed E-state index contributed by atoms with van der Waals surface area (Å²) in [6.45, 7) is 5.73. The standard InChI is InChI=1S/C19H26N4O4.C2H6/c1-26-18-12-15(21)3-2-14(18)13-27-19(25)22-16-4-6-17(7-5-16)23(9-8-20)10-11-24;1-2/h2-7,12,24H,8-11,13,20-21H2,1H3,(H,22,25);1-2H3. The quantitative estimate of drug-likeness (QED) is 0.474. The lowest BCUT2D eigenvalue weighted by Gasteiger charge is -2.23. The maximum atomic E-state index is 12.0. The third-order valence-corrected chi connectivity index (χ3v) is 3.92. The SMILES string of the molecule is CC.COc1cc(N)ccc1COC(=O)Nc1ccc(N(CCN)CCO)cc1. The van der Waals surface area contributed by atoms with Crippen LogP contribution in [0.4, 0.5) is 21.9 Å². The molecule has 0 aliphatic rings. The Morgan fingerprint density at radius 1 is 1.14 bits per heavy atom. The summed E-state index contributed by atoms with van der Waals surface area (Å²) >= 11 is 0. The van der Waals surface area contributed by atoms with Gasteiger partial charge in [-0.2, -0.15) is 0 Å².